The summed E-state index contributed by atoms with van der Waals surface area (Å²) < 4.78 is 27.2. The molecule has 2 aromatic carbocycles. The second-order valence-corrected chi connectivity index (χ2v) is 7.57. The fourth-order valence-corrected chi connectivity index (χ4v) is 3.51. The van der Waals surface area contributed by atoms with Gasteiger partial charge in [0.15, 0.2) is 0 Å². The third kappa shape index (κ3) is 4.04. The number of fused-ring (bicyclic) bond motifs is 1. The van der Waals surface area contributed by atoms with Crippen molar-refractivity contribution in [2.24, 2.45) is 5.92 Å². The van der Waals surface area contributed by atoms with Gasteiger partial charge in [0.05, 0.1) is 17.2 Å². The van der Waals surface area contributed by atoms with Crippen LogP contribution in [0.25, 0.3) is 0 Å². The van der Waals surface area contributed by atoms with E-state index < -0.39 is 41.4 Å². The van der Waals surface area contributed by atoms with Crippen LogP contribution in [0.5, 0.6) is 0 Å². The Bertz CT molecular complexity index is 939. The van der Waals surface area contributed by atoms with Gasteiger partial charge in [-0.15, -0.1) is 0 Å². The molecule has 0 spiro atoms. The van der Waals surface area contributed by atoms with Crippen molar-refractivity contribution in [3.8, 4) is 0 Å². The summed E-state index contributed by atoms with van der Waals surface area (Å²) in [6, 6.07) is 7.72. The number of amides is 3. The van der Waals surface area contributed by atoms with E-state index in [1.807, 2.05) is 13.8 Å². The number of hydrogen-bond donors (Lipinski definition) is 1. The summed E-state index contributed by atoms with van der Waals surface area (Å²) in [4.78, 5) is 39.6. The van der Waals surface area contributed by atoms with Crippen LogP contribution in [0.15, 0.2) is 42.5 Å². The predicted molar refractivity (Wildman–Crippen MR) is 103 cm³/mol. The van der Waals surface area contributed by atoms with E-state index in [2.05, 4.69) is 5.32 Å². The highest BCUT2D eigenvalue weighted by Crippen LogP contribution is 2.27. The van der Waals surface area contributed by atoms with Crippen molar-refractivity contribution in [3.63, 3.8) is 0 Å². The molecule has 0 radical (unpaired) electrons. The summed E-state index contributed by atoms with van der Waals surface area (Å²) in [5.41, 5.74) is 0.638. The molecule has 0 saturated heterocycles. The number of benzene rings is 2. The summed E-state index contributed by atoms with van der Waals surface area (Å²) in [5, 5.41) is 2.66. The molecule has 1 aliphatic heterocycles. The van der Waals surface area contributed by atoms with Crippen LogP contribution in [0, 0.1) is 17.6 Å². The smallest absolute Gasteiger partial charge is 0.262 e. The minimum absolute atomic E-state index is 0.0212. The van der Waals surface area contributed by atoms with Crippen molar-refractivity contribution in [1.29, 1.82) is 0 Å². The van der Waals surface area contributed by atoms with Crippen LogP contribution in [-0.4, -0.2) is 28.7 Å². The molecule has 0 bridgehead atoms. The number of hydrogen-bond acceptors (Lipinski definition) is 3. The Morgan fingerprint density at radius 1 is 1.00 bits per heavy atom. The molecule has 7 heteroatoms. The molecule has 0 aliphatic carbocycles. The van der Waals surface area contributed by atoms with Gasteiger partial charge >= 0.3 is 0 Å². The SMILES string of the molecule is CC(C)CC(C(=O)NC(C)c1ccc(F)cc1F)N1C(=O)c2ccccc2C1=O. The number of rotatable bonds is 6. The molecule has 0 aromatic heterocycles. The number of halogens is 2. The molecule has 0 saturated carbocycles. The summed E-state index contributed by atoms with van der Waals surface area (Å²) in [6.07, 6.45) is 0.260. The van der Waals surface area contributed by atoms with Gasteiger partial charge in [-0.1, -0.05) is 32.0 Å². The van der Waals surface area contributed by atoms with Crippen molar-refractivity contribution in [2.45, 2.75) is 39.3 Å². The van der Waals surface area contributed by atoms with E-state index in [1.54, 1.807) is 31.2 Å². The van der Waals surface area contributed by atoms with Crippen molar-refractivity contribution < 1.29 is 23.2 Å². The maximum absolute atomic E-state index is 14.1. The number of carbonyl (C=O) groups excluding carboxylic acids is 3. The lowest BCUT2D eigenvalue weighted by atomic mass is 10.0. The van der Waals surface area contributed by atoms with E-state index in [4.69, 9.17) is 0 Å². The van der Waals surface area contributed by atoms with Crippen LogP contribution in [0.4, 0.5) is 8.78 Å². The normalized spacial score (nSPS) is 15.4. The summed E-state index contributed by atoms with van der Waals surface area (Å²) in [6.45, 7) is 5.31. The monoisotopic (exact) mass is 400 g/mol. The fraction of sp³-hybridized carbons (Fsp3) is 0.318. The standard InChI is InChI=1S/C22H22F2N2O3/c1-12(2)10-19(26-21(28)16-6-4-5-7-17(16)22(26)29)20(27)25-13(3)15-9-8-14(23)11-18(15)24/h4-9,11-13,19H,10H2,1-3H3,(H,25,27). The minimum Gasteiger partial charge on any atom is -0.348 e. The van der Waals surface area contributed by atoms with Gasteiger partial charge < -0.3 is 5.32 Å². The van der Waals surface area contributed by atoms with E-state index >= 15 is 0 Å². The third-order valence-corrected chi connectivity index (χ3v) is 4.92. The zero-order valence-corrected chi connectivity index (χ0v) is 16.4. The van der Waals surface area contributed by atoms with Crippen LogP contribution in [0.1, 0.15) is 59.5 Å². The first-order chi connectivity index (χ1) is 13.7. The number of carbonyl (C=O) groups is 3. The molecular weight excluding hydrogens is 378 g/mol. The Hall–Kier alpha value is -3.09. The molecule has 1 heterocycles. The Labute approximate surface area is 167 Å². The highest BCUT2D eigenvalue weighted by Gasteiger charge is 2.43. The van der Waals surface area contributed by atoms with Gasteiger partial charge in [0.2, 0.25) is 5.91 Å². The van der Waals surface area contributed by atoms with Crippen LogP contribution in [0.2, 0.25) is 0 Å². The van der Waals surface area contributed by atoms with Crippen LogP contribution in [-0.2, 0) is 4.79 Å². The molecule has 29 heavy (non-hydrogen) atoms. The van der Waals surface area contributed by atoms with Crippen LogP contribution in [0.3, 0.4) is 0 Å². The Balaban J connectivity index is 1.86. The van der Waals surface area contributed by atoms with Gasteiger partial charge in [-0.3, -0.25) is 19.3 Å². The molecule has 5 nitrogen and oxygen atoms in total. The summed E-state index contributed by atoms with van der Waals surface area (Å²) >= 11 is 0. The van der Waals surface area contributed by atoms with Crippen molar-refractivity contribution in [2.75, 3.05) is 0 Å². The van der Waals surface area contributed by atoms with E-state index in [9.17, 15) is 23.2 Å². The first-order valence-corrected chi connectivity index (χ1v) is 9.43. The maximum atomic E-state index is 14.1. The first-order valence-electron chi connectivity index (χ1n) is 9.43. The lowest BCUT2D eigenvalue weighted by Gasteiger charge is -2.28. The van der Waals surface area contributed by atoms with E-state index in [0.717, 1.165) is 17.0 Å². The molecule has 152 valence electrons. The Morgan fingerprint density at radius 3 is 2.10 bits per heavy atom. The first kappa shape index (κ1) is 20.6. The van der Waals surface area contributed by atoms with Crippen LogP contribution < -0.4 is 5.32 Å². The van der Waals surface area contributed by atoms with E-state index in [0.29, 0.717) is 0 Å². The highest BCUT2D eigenvalue weighted by atomic mass is 19.1. The third-order valence-electron chi connectivity index (χ3n) is 4.92. The minimum atomic E-state index is -1.03. The molecule has 2 atom stereocenters. The second kappa shape index (κ2) is 8.11. The van der Waals surface area contributed by atoms with Gasteiger partial charge in [-0.05, 0) is 37.5 Å². The molecule has 1 N–H and O–H groups in total. The van der Waals surface area contributed by atoms with Crippen molar-refractivity contribution in [1.82, 2.24) is 10.2 Å². The largest absolute Gasteiger partial charge is 0.348 e. The van der Waals surface area contributed by atoms with Crippen LogP contribution >= 0.6 is 0 Å². The predicted octanol–water partition coefficient (Wildman–Crippen LogP) is 3.85. The molecular formula is C22H22F2N2O3. The lowest BCUT2D eigenvalue weighted by molar-refractivity contribution is -0.126. The lowest BCUT2D eigenvalue weighted by Crippen LogP contribution is -2.50. The average molecular weight is 400 g/mol. The molecule has 2 unspecified atom stereocenters. The molecule has 2 aromatic rings. The highest BCUT2D eigenvalue weighted by molar-refractivity contribution is 6.22. The quantitative estimate of drug-likeness (QED) is 0.749. The van der Waals surface area contributed by atoms with Gasteiger partial charge in [-0.2, -0.15) is 0 Å². The van der Waals surface area contributed by atoms with Gasteiger partial charge in [0, 0.05) is 11.6 Å². The second-order valence-electron chi connectivity index (χ2n) is 7.57. The van der Waals surface area contributed by atoms with Gasteiger partial charge in [0.25, 0.3) is 11.8 Å². The average Bonchev–Trinajstić information content (AvgIpc) is 2.90. The number of imide groups is 1. The van der Waals surface area contributed by atoms with Gasteiger partial charge in [0.1, 0.15) is 17.7 Å². The van der Waals surface area contributed by atoms with Crippen molar-refractivity contribution in [3.05, 3.63) is 70.8 Å². The zero-order valence-electron chi connectivity index (χ0n) is 16.4. The number of nitrogens with one attached hydrogen (secondary N) is 1. The topological polar surface area (TPSA) is 66.5 Å². The number of nitrogens with zero attached hydrogens (tertiary/aromatic N) is 1. The maximum Gasteiger partial charge on any atom is 0.262 e. The zero-order chi connectivity index (χ0) is 21.3. The Kier molecular flexibility index (Phi) is 5.77. The van der Waals surface area contributed by atoms with E-state index in [1.165, 1.54) is 6.07 Å². The Morgan fingerprint density at radius 2 is 1.59 bits per heavy atom. The fourth-order valence-electron chi connectivity index (χ4n) is 3.51. The summed E-state index contributed by atoms with van der Waals surface area (Å²) in [7, 11) is 0. The van der Waals surface area contributed by atoms with Gasteiger partial charge in [-0.25, -0.2) is 8.78 Å². The molecule has 3 amide bonds. The van der Waals surface area contributed by atoms with Crippen molar-refractivity contribution >= 4 is 17.7 Å². The molecule has 3 rings (SSSR count). The van der Waals surface area contributed by atoms with E-state index in [-0.39, 0.29) is 29.0 Å². The molecule has 0 fully saturated rings. The molecule has 1 aliphatic rings. The summed E-state index contributed by atoms with van der Waals surface area (Å²) in [5.74, 6) is -3.08.